The Morgan fingerprint density at radius 2 is 1.44 bits per heavy atom. The maximum Gasteiger partial charge on any atom is 0.500 e. The first-order valence-electron chi connectivity index (χ1n) is 5.88. The molecule has 0 N–H and O–H groups in total. The van der Waals surface area contributed by atoms with Crippen molar-refractivity contribution in [3.63, 3.8) is 0 Å². The van der Waals surface area contributed by atoms with E-state index >= 15 is 0 Å². The van der Waals surface area contributed by atoms with E-state index < -0.39 is 8.80 Å². The summed E-state index contributed by atoms with van der Waals surface area (Å²) >= 11 is 2.94. The molecule has 0 saturated heterocycles. The van der Waals surface area contributed by atoms with Crippen LogP contribution in [0, 0.1) is 5.41 Å². The lowest BCUT2D eigenvalue weighted by Crippen LogP contribution is -2.42. The molecule has 0 aliphatic heterocycles. The van der Waals surface area contributed by atoms with Crippen LogP contribution in [0.25, 0.3) is 0 Å². The van der Waals surface area contributed by atoms with Crippen molar-refractivity contribution < 1.29 is 18.1 Å². The molecular formula is C12H27BrO4Si. The number of hydrogen-bond donors (Lipinski definition) is 0. The Bertz CT molecular complexity index is 216. The summed E-state index contributed by atoms with van der Waals surface area (Å²) in [4.78, 5) is 11.7. The standard InChI is InChI=1S/C11H24O4Si.CH3Br/c1-11(2,3)10(12)8-7-9-16(13-4,14-5)15-6;1-2/h7-9H2,1-6H3;1H3. The summed E-state index contributed by atoms with van der Waals surface area (Å²) < 4.78 is 15.9. The minimum absolute atomic E-state index is 0.263. The molecule has 0 amide bonds. The van der Waals surface area contributed by atoms with E-state index in [-0.39, 0.29) is 11.2 Å². The number of Topliss-reactive ketones (excluding diaryl/α,β-unsaturated/α-hetero) is 1. The minimum atomic E-state index is -2.50. The highest BCUT2D eigenvalue weighted by Crippen LogP contribution is 2.21. The molecule has 0 aromatic carbocycles. The maximum absolute atomic E-state index is 11.7. The van der Waals surface area contributed by atoms with E-state index in [0.717, 1.165) is 6.42 Å². The Morgan fingerprint density at radius 3 is 1.72 bits per heavy atom. The lowest BCUT2D eigenvalue weighted by Gasteiger charge is -2.24. The Hall–Kier alpha value is 0.247. The summed E-state index contributed by atoms with van der Waals surface area (Å²) in [5.74, 6) is 2.08. The van der Waals surface area contributed by atoms with Gasteiger partial charge in [0.2, 0.25) is 0 Å². The van der Waals surface area contributed by atoms with E-state index in [1.54, 1.807) is 21.3 Å². The predicted octanol–water partition coefficient (Wildman–Crippen LogP) is 3.27. The van der Waals surface area contributed by atoms with Gasteiger partial charge in [-0.05, 0) is 12.3 Å². The fraction of sp³-hybridized carbons (Fsp3) is 0.917. The number of halogens is 1. The number of ketones is 1. The Kier molecular flexibility index (Phi) is 11.5. The average Bonchev–Trinajstić information content (AvgIpc) is 2.36. The second kappa shape index (κ2) is 10.1. The molecule has 0 radical (unpaired) electrons. The summed E-state index contributed by atoms with van der Waals surface area (Å²) in [5, 5.41) is 0. The zero-order valence-corrected chi connectivity index (χ0v) is 15.2. The van der Waals surface area contributed by atoms with Gasteiger partial charge in [0.1, 0.15) is 5.78 Å². The van der Waals surface area contributed by atoms with Crippen LogP contribution in [-0.2, 0) is 18.1 Å². The highest BCUT2D eigenvalue weighted by molar-refractivity contribution is 9.08. The first-order valence-corrected chi connectivity index (χ1v) is 9.39. The van der Waals surface area contributed by atoms with Crippen LogP contribution in [0.1, 0.15) is 33.6 Å². The first kappa shape index (κ1) is 20.6. The van der Waals surface area contributed by atoms with Crippen LogP contribution in [0.3, 0.4) is 0 Å². The van der Waals surface area contributed by atoms with Crippen molar-refractivity contribution in [3.05, 3.63) is 0 Å². The molecule has 4 nitrogen and oxygen atoms in total. The van der Waals surface area contributed by atoms with Gasteiger partial charge in [0.15, 0.2) is 0 Å². The highest BCUT2D eigenvalue weighted by atomic mass is 79.9. The summed E-state index contributed by atoms with van der Waals surface area (Å²) in [5.41, 5.74) is -0.266. The van der Waals surface area contributed by atoms with Crippen molar-refractivity contribution in [1.29, 1.82) is 0 Å². The summed E-state index contributed by atoms with van der Waals surface area (Å²) in [6, 6.07) is 0.679. The molecule has 0 fully saturated rings. The Labute approximate surface area is 121 Å². The van der Waals surface area contributed by atoms with Crippen LogP contribution in [0.5, 0.6) is 0 Å². The quantitative estimate of drug-likeness (QED) is 0.526. The van der Waals surface area contributed by atoms with Crippen molar-refractivity contribution in [2.24, 2.45) is 5.41 Å². The number of carbonyl (C=O) groups is 1. The van der Waals surface area contributed by atoms with E-state index in [0.29, 0.717) is 12.5 Å². The van der Waals surface area contributed by atoms with Crippen LogP contribution in [0.4, 0.5) is 0 Å². The SMILES string of the molecule is CBr.CO[Si](CCCC(=O)C(C)(C)C)(OC)OC. The minimum Gasteiger partial charge on any atom is -0.377 e. The van der Waals surface area contributed by atoms with Gasteiger partial charge in [0.05, 0.1) is 0 Å². The van der Waals surface area contributed by atoms with Crippen LogP contribution < -0.4 is 0 Å². The summed E-state index contributed by atoms with van der Waals surface area (Å²) in [7, 11) is 2.27. The first-order chi connectivity index (χ1) is 8.31. The largest absolute Gasteiger partial charge is 0.500 e. The molecule has 0 atom stereocenters. The monoisotopic (exact) mass is 342 g/mol. The van der Waals surface area contributed by atoms with Crippen molar-refractivity contribution in [2.75, 3.05) is 27.2 Å². The fourth-order valence-corrected chi connectivity index (χ4v) is 3.12. The van der Waals surface area contributed by atoms with Crippen molar-refractivity contribution in [1.82, 2.24) is 0 Å². The molecule has 0 aliphatic carbocycles. The predicted molar refractivity (Wildman–Crippen MR) is 80.1 cm³/mol. The average molecular weight is 343 g/mol. The van der Waals surface area contributed by atoms with Gasteiger partial charge in [0, 0.05) is 39.2 Å². The molecule has 0 unspecified atom stereocenters. The van der Waals surface area contributed by atoms with Gasteiger partial charge in [-0.25, -0.2) is 0 Å². The van der Waals surface area contributed by atoms with Crippen molar-refractivity contribution >= 4 is 30.5 Å². The van der Waals surface area contributed by atoms with Gasteiger partial charge in [-0.3, -0.25) is 4.79 Å². The van der Waals surface area contributed by atoms with Gasteiger partial charge in [-0.15, -0.1) is 0 Å². The third kappa shape index (κ3) is 7.63. The Balaban J connectivity index is 0. The van der Waals surface area contributed by atoms with Gasteiger partial charge >= 0.3 is 8.80 Å². The van der Waals surface area contributed by atoms with E-state index in [9.17, 15) is 4.79 Å². The third-order valence-corrected chi connectivity index (χ3v) is 5.49. The molecular weight excluding hydrogens is 316 g/mol. The number of hydrogen-bond acceptors (Lipinski definition) is 4. The molecule has 0 bridgehead atoms. The summed E-state index contributed by atoms with van der Waals surface area (Å²) in [6.07, 6.45) is 1.30. The number of alkyl halides is 1. The normalized spacial score (nSPS) is 11.8. The smallest absolute Gasteiger partial charge is 0.377 e. The fourth-order valence-electron chi connectivity index (χ4n) is 1.40. The lowest BCUT2D eigenvalue weighted by molar-refractivity contribution is -0.126. The van der Waals surface area contributed by atoms with E-state index in [2.05, 4.69) is 15.9 Å². The second-order valence-electron chi connectivity index (χ2n) is 4.82. The van der Waals surface area contributed by atoms with E-state index in [1.807, 2.05) is 26.6 Å². The number of rotatable bonds is 7. The molecule has 0 rings (SSSR count). The highest BCUT2D eigenvalue weighted by Gasteiger charge is 2.37. The van der Waals surface area contributed by atoms with Crippen LogP contribution >= 0.6 is 15.9 Å². The zero-order chi connectivity index (χ0) is 14.8. The third-order valence-electron chi connectivity index (χ3n) is 2.66. The lowest BCUT2D eigenvalue weighted by atomic mass is 9.88. The molecule has 0 aromatic rings. The molecule has 6 heteroatoms. The van der Waals surface area contributed by atoms with Crippen molar-refractivity contribution in [2.45, 2.75) is 39.7 Å². The van der Waals surface area contributed by atoms with Crippen LogP contribution in [0.15, 0.2) is 0 Å². The molecule has 18 heavy (non-hydrogen) atoms. The van der Waals surface area contributed by atoms with E-state index in [4.69, 9.17) is 13.3 Å². The number of carbonyl (C=O) groups excluding carboxylic acids is 1. The molecule has 0 saturated carbocycles. The van der Waals surface area contributed by atoms with Crippen LogP contribution in [-0.4, -0.2) is 41.8 Å². The van der Waals surface area contributed by atoms with Gasteiger partial charge in [-0.2, -0.15) is 0 Å². The molecule has 0 spiro atoms. The topological polar surface area (TPSA) is 44.8 Å². The Morgan fingerprint density at radius 1 is 1.06 bits per heavy atom. The molecule has 0 aliphatic rings. The van der Waals surface area contributed by atoms with Gasteiger partial charge in [-0.1, -0.05) is 36.7 Å². The summed E-state index contributed by atoms with van der Waals surface area (Å²) in [6.45, 7) is 5.80. The van der Waals surface area contributed by atoms with E-state index in [1.165, 1.54) is 0 Å². The second-order valence-corrected chi connectivity index (χ2v) is 7.91. The van der Waals surface area contributed by atoms with Crippen molar-refractivity contribution in [3.8, 4) is 0 Å². The van der Waals surface area contributed by atoms with Crippen LogP contribution in [0.2, 0.25) is 6.04 Å². The molecule has 0 heterocycles. The van der Waals surface area contributed by atoms with Gasteiger partial charge in [0.25, 0.3) is 0 Å². The molecule has 110 valence electrons. The zero-order valence-electron chi connectivity index (χ0n) is 12.6. The van der Waals surface area contributed by atoms with Gasteiger partial charge < -0.3 is 13.3 Å². The maximum atomic E-state index is 11.7. The molecule has 0 aromatic heterocycles.